The Balaban J connectivity index is 2.03. The van der Waals surface area contributed by atoms with Crippen molar-refractivity contribution in [3.8, 4) is 0 Å². The summed E-state index contributed by atoms with van der Waals surface area (Å²) in [5.41, 5.74) is 0.538. The summed E-state index contributed by atoms with van der Waals surface area (Å²) in [5.74, 6) is 2.02. The lowest BCUT2D eigenvalue weighted by Gasteiger charge is -2.32. The van der Waals surface area contributed by atoms with E-state index in [0.29, 0.717) is 5.41 Å². The van der Waals surface area contributed by atoms with Crippen molar-refractivity contribution in [3.05, 3.63) is 0 Å². The summed E-state index contributed by atoms with van der Waals surface area (Å²) in [6, 6.07) is 0. The summed E-state index contributed by atoms with van der Waals surface area (Å²) >= 11 is 0. The lowest BCUT2D eigenvalue weighted by molar-refractivity contribution is 0.192. The first-order valence-corrected chi connectivity index (χ1v) is 5.88. The molecule has 2 rings (SSSR count). The van der Waals surface area contributed by atoms with Gasteiger partial charge in [0.2, 0.25) is 0 Å². The van der Waals surface area contributed by atoms with Gasteiger partial charge in [-0.3, -0.25) is 0 Å². The van der Waals surface area contributed by atoms with Crippen LogP contribution in [0.4, 0.5) is 0 Å². The Morgan fingerprint density at radius 2 is 1.77 bits per heavy atom. The Kier molecular flexibility index (Phi) is 2.64. The van der Waals surface area contributed by atoms with E-state index in [0.717, 1.165) is 11.8 Å². The Morgan fingerprint density at radius 1 is 1.08 bits per heavy atom. The van der Waals surface area contributed by atoms with Crippen LogP contribution in [-0.4, -0.2) is 13.1 Å². The highest BCUT2D eigenvalue weighted by Crippen LogP contribution is 2.39. The van der Waals surface area contributed by atoms with Crippen molar-refractivity contribution in [2.24, 2.45) is 17.3 Å². The van der Waals surface area contributed by atoms with Gasteiger partial charge in [-0.25, -0.2) is 0 Å². The summed E-state index contributed by atoms with van der Waals surface area (Å²) in [4.78, 5) is 0. The monoisotopic (exact) mass is 181 g/mol. The molecule has 0 spiro atoms. The average molecular weight is 181 g/mol. The van der Waals surface area contributed by atoms with Crippen molar-refractivity contribution >= 4 is 0 Å². The summed E-state index contributed by atoms with van der Waals surface area (Å²) in [5, 5.41) is 3.64. The van der Waals surface area contributed by atoms with Crippen LogP contribution in [0, 0.1) is 17.3 Å². The zero-order chi connectivity index (χ0) is 9.31. The Labute approximate surface area is 82.3 Å². The first-order valence-electron chi connectivity index (χ1n) is 5.88. The largest absolute Gasteiger partial charge is 0.316 e. The van der Waals surface area contributed by atoms with Gasteiger partial charge in [-0.2, -0.15) is 0 Å². The summed E-state index contributed by atoms with van der Waals surface area (Å²) in [6.45, 7) is 7.34. The molecule has 0 radical (unpaired) electrons. The quantitative estimate of drug-likeness (QED) is 0.606. The second-order valence-corrected chi connectivity index (χ2v) is 5.80. The Morgan fingerprint density at radius 3 is 2.54 bits per heavy atom. The molecule has 2 aliphatic rings. The molecule has 0 aromatic carbocycles. The van der Waals surface area contributed by atoms with Crippen LogP contribution in [0.5, 0.6) is 0 Å². The summed E-state index contributed by atoms with van der Waals surface area (Å²) in [6.07, 6.45) is 7.38. The van der Waals surface area contributed by atoms with Crippen LogP contribution < -0.4 is 5.32 Å². The topological polar surface area (TPSA) is 12.0 Å². The highest BCUT2D eigenvalue weighted by atomic mass is 14.9. The van der Waals surface area contributed by atoms with Gasteiger partial charge in [0, 0.05) is 6.54 Å². The third-order valence-electron chi connectivity index (χ3n) is 3.89. The number of hydrogen-bond acceptors (Lipinski definition) is 1. The number of nitrogens with one attached hydrogen (secondary N) is 1. The predicted octanol–water partition coefficient (Wildman–Crippen LogP) is 2.81. The standard InChI is InChI=1S/C12H23N/c1-12(2)7-10-5-3-4-6-11(10)8-13-9-12/h10-11,13H,3-9H2,1-2H3. The summed E-state index contributed by atoms with van der Waals surface area (Å²) in [7, 11) is 0. The van der Waals surface area contributed by atoms with Gasteiger partial charge in [0.25, 0.3) is 0 Å². The van der Waals surface area contributed by atoms with Crippen molar-refractivity contribution in [2.45, 2.75) is 46.0 Å². The lowest BCUT2D eigenvalue weighted by atomic mass is 9.72. The van der Waals surface area contributed by atoms with Crippen molar-refractivity contribution in [1.29, 1.82) is 0 Å². The molecule has 0 amide bonds. The van der Waals surface area contributed by atoms with Gasteiger partial charge >= 0.3 is 0 Å². The predicted molar refractivity (Wildman–Crippen MR) is 56.7 cm³/mol. The Hall–Kier alpha value is -0.0400. The first kappa shape index (κ1) is 9.51. The Bertz CT molecular complexity index is 174. The minimum atomic E-state index is 0.538. The van der Waals surface area contributed by atoms with Crippen LogP contribution >= 0.6 is 0 Å². The average Bonchev–Trinajstić information content (AvgIpc) is 2.21. The molecule has 76 valence electrons. The minimum absolute atomic E-state index is 0.538. The zero-order valence-corrected chi connectivity index (χ0v) is 9.10. The van der Waals surface area contributed by atoms with Gasteiger partial charge in [-0.05, 0) is 36.6 Å². The first-order chi connectivity index (χ1) is 6.17. The normalized spacial score (nSPS) is 39.2. The smallest absolute Gasteiger partial charge is 0.000274 e. The molecule has 13 heavy (non-hydrogen) atoms. The van der Waals surface area contributed by atoms with E-state index in [1.54, 1.807) is 0 Å². The molecule has 1 saturated carbocycles. The SMILES string of the molecule is CC1(C)CNCC2CCCCC2C1. The van der Waals surface area contributed by atoms with Crippen molar-refractivity contribution in [3.63, 3.8) is 0 Å². The van der Waals surface area contributed by atoms with Crippen LogP contribution in [0.25, 0.3) is 0 Å². The molecule has 1 saturated heterocycles. The fourth-order valence-corrected chi connectivity index (χ4v) is 3.20. The lowest BCUT2D eigenvalue weighted by Crippen LogP contribution is -2.28. The van der Waals surface area contributed by atoms with E-state index in [2.05, 4.69) is 19.2 Å². The van der Waals surface area contributed by atoms with E-state index < -0.39 is 0 Å². The molecule has 1 aliphatic heterocycles. The number of rotatable bonds is 0. The second-order valence-electron chi connectivity index (χ2n) is 5.80. The molecule has 2 unspecified atom stereocenters. The van der Waals surface area contributed by atoms with E-state index in [1.807, 2.05) is 0 Å². The van der Waals surface area contributed by atoms with Crippen molar-refractivity contribution < 1.29 is 0 Å². The maximum atomic E-state index is 3.64. The molecule has 1 heterocycles. The molecule has 0 bridgehead atoms. The molecule has 1 N–H and O–H groups in total. The van der Waals surface area contributed by atoms with Crippen LogP contribution in [0.2, 0.25) is 0 Å². The van der Waals surface area contributed by atoms with Gasteiger partial charge in [-0.1, -0.05) is 33.1 Å². The van der Waals surface area contributed by atoms with Crippen molar-refractivity contribution in [1.82, 2.24) is 5.32 Å². The molecule has 2 fully saturated rings. The van der Waals surface area contributed by atoms with Gasteiger partial charge in [0.1, 0.15) is 0 Å². The molecular weight excluding hydrogens is 158 g/mol. The number of fused-ring (bicyclic) bond motifs is 1. The maximum Gasteiger partial charge on any atom is 0.000274 e. The van der Waals surface area contributed by atoms with E-state index >= 15 is 0 Å². The van der Waals surface area contributed by atoms with E-state index in [1.165, 1.54) is 45.2 Å². The third kappa shape index (κ3) is 2.25. The minimum Gasteiger partial charge on any atom is -0.316 e. The molecule has 0 aromatic rings. The van der Waals surface area contributed by atoms with E-state index in [-0.39, 0.29) is 0 Å². The third-order valence-corrected chi connectivity index (χ3v) is 3.89. The van der Waals surface area contributed by atoms with Crippen molar-refractivity contribution in [2.75, 3.05) is 13.1 Å². The molecular formula is C12H23N. The highest BCUT2D eigenvalue weighted by molar-refractivity contribution is 4.86. The fourth-order valence-electron chi connectivity index (χ4n) is 3.20. The second kappa shape index (κ2) is 3.61. The maximum absolute atomic E-state index is 3.64. The van der Waals surface area contributed by atoms with Gasteiger partial charge in [0.15, 0.2) is 0 Å². The fraction of sp³-hybridized carbons (Fsp3) is 1.00. The van der Waals surface area contributed by atoms with Gasteiger partial charge < -0.3 is 5.32 Å². The molecule has 1 nitrogen and oxygen atoms in total. The van der Waals surface area contributed by atoms with Crippen LogP contribution in [0.3, 0.4) is 0 Å². The molecule has 1 aliphatic carbocycles. The molecule has 2 atom stereocenters. The number of hydrogen-bond donors (Lipinski definition) is 1. The van der Waals surface area contributed by atoms with E-state index in [9.17, 15) is 0 Å². The van der Waals surface area contributed by atoms with Crippen LogP contribution in [0.1, 0.15) is 46.0 Å². The van der Waals surface area contributed by atoms with Gasteiger partial charge in [0.05, 0.1) is 0 Å². The molecule has 0 aromatic heterocycles. The van der Waals surface area contributed by atoms with Gasteiger partial charge in [-0.15, -0.1) is 0 Å². The van der Waals surface area contributed by atoms with E-state index in [4.69, 9.17) is 0 Å². The zero-order valence-electron chi connectivity index (χ0n) is 9.10. The van der Waals surface area contributed by atoms with Crippen LogP contribution in [0.15, 0.2) is 0 Å². The molecule has 1 heteroatoms. The summed E-state index contributed by atoms with van der Waals surface area (Å²) < 4.78 is 0. The highest BCUT2D eigenvalue weighted by Gasteiger charge is 2.33. The van der Waals surface area contributed by atoms with Crippen LogP contribution in [-0.2, 0) is 0 Å².